The highest BCUT2D eigenvalue weighted by Gasteiger charge is 2.58. The van der Waals surface area contributed by atoms with Crippen LogP contribution in [0.25, 0.3) is 0 Å². The first-order valence-corrected chi connectivity index (χ1v) is 18.9. The number of aliphatic hydroxyl groups excluding tert-OH is 1. The lowest BCUT2D eigenvalue weighted by atomic mass is 9.72. The largest absolute Gasteiger partial charge is 0.493 e. The highest BCUT2D eigenvalue weighted by Crippen LogP contribution is 2.47. The van der Waals surface area contributed by atoms with Crippen LogP contribution >= 0.6 is 0 Å². The first-order valence-electron chi connectivity index (χ1n) is 18.9. The van der Waals surface area contributed by atoms with Crippen LogP contribution in [-0.2, 0) is 25.6 Å². The predicted molar refractivity (Wildman–Crippen MR) is 199 cm³/mol. The molecule has 2 aromatic rings. The van der Waals surface area contributed by atoms with Gasteiger partial charge in [0.15, 0.2) is 0 Å². The van der Waals surface area contributed by atoms with E-state index in [0.29, 0.717) is 36.1 Å². The minimum Gasteiger partial charge on any atom is -0.493 e. The van der Waals surface area contributed by atoms with Crippen LogP contribution in [0.5, 0.6) is 5.75 Å². The van der Waals surface area contributed by atoms with Crippen LogP contribution in [0.2, 0.25) is 0 Å². The molecule has 0 bridgehead atoms. The van der Waals surface area contributed by atoms with Crippen molar-refractivity contribution in [1.29, 1.82) is 0 Å². The average Bonchev–Trinajstić information content (AvgIpc) is 3.54. The Morgan fingerprint density at radius 1 is 1.02 bits per heavy atom. The molecule has 4 rings (SSSR count). The van der Waals surface area contributed by atoms with Crippen molar-refractivity contribution < 1.29 is 33.8 Å². The number of imide groups is 1. The first-order chi connectivity index (χ1) is 24.8. The fourth-order valence-electron chi connectivity index (χ4n) is 7.93. The van der Waals surface area contributed by atoms with Crippen LogP contribution in [-0.4, -0.2) is 76.8 Å². The second kappa shape index (κ2) is 18.6. The standard InChI is InChI=1S/C41H58N4O7/c1-26(2)22-41(33-25-52-37-17-16-31(24-46)18-32(33)37,45(28(5)47)39(50)34(42)19-29-12-8-6-9-13-29)40(51)44-35(20-30-14-10-7-11-15-30)36(48)21-38(49)43-23-27(3)4/h6,8-9,12-13,16-18,24,26-27,30,33-36,48H,7,10-11,14-15,19-23,25,42H2,1-5H3,(H,43,49)(H,44,51)/t33?,34-,35-,36-,41-/m0/s1. The van der Waals surface area contributed by atoms with Gasteiger partial charge in [-0.25, -0.2) is 0 Å². The number of nitrogens with two attached hydrogens (primary N) is 1. The van der Waals surface area contributed by atoms with Crippen LogP contribution in [0, 0.1) is 17.8 Å². The molecule has 5 N–H and O–H groups in total. The Bertz CT molecular complexity index is 1540. The molecule has 1 heterocycles. The first kappa shape index (κ1) is 40.7. The summed E-state index contributed by atoms with van der Waals surface area (Å²) < 4.78 is 6.11. The molecule has 11 nitrogen and oxygen atoms in total. The molecule has 1 aliphatic carbocycles. The number of aliphatic hydroxyl groups is 1. The Balaban J connectivity index is 1.84. The number of aldehydes is 1. The highest BCUT2D eigenvalue weighted by molar-refractivity contribution is 6.04. The van der Waals surface area contributed by atoms with Crippen LogP contribution < -0.4 is 21.1 Å². The van der Waals surface area contributed by atoms with Gasteiger partial charge >= 0.3 is 0 Å². The molecular formula is C41H58N4O7. The maximum atomic E-state index is 15.4. The number of carbonyl (C=O) groups excluding carboxylic acids is 5. The van der Waals surface area contributed by atoms with Gasteiger partial charge in [-0.2, -0.15) is 0 Å². The molecule has 4 amide bonds. The van der Waals surface area contributed by atoms with E-state index in [1.165, 1.54) is 6.92 Å². The minimum absolute atomic E-state index is 0.0438. The van der Waals surface area contributed by atoms with Crippen molar-refractivity contribution in [2.45, 2.75) is 122 Å². The summed E-state index contributed by atoms with van der Waals surface area (Å²) >= 11 is 0. The normalized spacial score (nSPS) is 18.8. The molecule has 0 radical (unpaired) electrons. The number of benzene rings is 2. The van der Waals surface area contributed by atoms with E-state index >= 15 is 4.79 Å². The summed E-state index contributed by atoms with van der Waals surface area (Å²) in [4.78, 5) is 69.9. The molecule has 0 aromatic heterocycles. The summed E-state index contributed by atoms with van der Waals surface area (Å²) in [5.41, 5.74) is 6.39. The van der Waals surface area contributed by atoms with Gasteiger partial charge in [-0.1, -0.05) is 90.1 Å². The van der Waals surface area contributed by atoms with Gasteiger partial charge in [0.1, 0.15) is 17.6 Å². The summed E-state index contributed by atoms with van der Waals surface area (Å²) in [6.45, 7) is 9.42. The number of fused-ring (bicyclic) bond motifs is 1. The van der Waals surface area contributed by atoms with Crippen molar-refractivity contribution in [3.05, 3.63) is 65.2 Å². The smallest absolute Gasteiger partial charge is 0.247 e. The number of amides is 4. The monoisotopic (exact) mass is 718 g/mol. The Hall–Kier alpha value is -4.09. The molecule has 1 fully saturated rings. The van der Waals surface area contributed by atoms with Crippen molar-refractivity contribution in [2.75, 3.05) is 13.2 Å². The topological polar surface area (TPSA) is 168 Å². The number of nitrogens with one attached hydrogen (secondary N) is 2. The maximum absolute atomic E-state index is 15.4. The van der Waals surface area contributed by atoms with E-state index in [2.05, 4.69) is 10.6 Å². The van der Waals surface area contributed by atoms with Gasteiger partial charge in [0.25, 0.3) is 0 Å². The van der Waals surface area contributed by atoms with Crippen LogP contribution in [0.4, 0.5) is 0 Å². The average molecular weight is 719 g/mol. The number of carbonyl (C=O) groups is 5. The summed E-state index contributed by atoms with van der Waals surface area (Å²) in [5, 5.41) is 17.6. The summed E-state index contributed by atoms with van der Waals surface area (Å²) in [6, 6.07) is 12.1. The Labute approximate surface area is 308 Å². The molecule has 284 valence electrons. The Morgan fingerprint density at radius 3 is 2.33 bits per heavy atom. The molecule has 0 spiro atoms. The fourth-order valence-corrected chi connectivity index (χ4v) is 7.93. The lowest BCUT2D eigenvalue weighted by Crippen LogP contribution is -2.69. The molecule has 1 saturated carbocycles. The zero-order chi connectivity index (χ0) is 38.0. The van der Waals surface area contributed by atoms with E-state index in [-0.39, 0.29) is 49.5 Å². The minimum atomic E-state index is -1.87. The van der Waals surface area contributed by atoms with Gasteiger partial charge < -0.3 is 26.2 Å². The van der Waals surface area contributed by atoms with Gasteiger partial charge in [0.2, 0.25) is 23.6 Å². The third kappa shape index (κ3) is 10.1. The van der Waals surface area contributed by atoms with E-state index < -0.39 is 47.4 Å². The molecule has 2 aliphatic rings. The van der Waals surface area contributed by atoms with Gasteiger partial charge in [-0.05, 0) is 60.8 Å². The Kier molecular flexibility index (Phi) is 14.5. The van der Waals surface area contributed by atoms with Crippen LogP contribution in [0.15, 0.2) is 48.5 Å². The molecule has 2 aromatic carbocycles. The molecule has 5 atom stereocenters. The zero-order valence-corrected chi connectivity index (χ0v) is 31.4. The van der Waals surface area contributed by atoms with Gasteiger partial charge in [0, 0.05) is 24.6 Å². The van der Waals surface area contributed by atoms with Crippen molar-refractivity contribution in [1.82, 2.24) is 15.5 Å². The second-order valence-electron chi connectivity index (χ2n) is 15.6. The van der Waals surface area contributed by atoms with Gasteiger partial charge in [0.05, 0.1) is 37.1 Å². The number of hydrogen-bond donors (Lipinski definition) is 4. The summed E-state index contributed by atoms with van der Waals surface area (Å²) in [6.07, 6.45) is 4.90. The summed E-state index contributed by atoms with van der Waals surface area (Å²) in [5.74, 6) is -2.57. The molecule has 1 unspecified atom stereocenters. The van der Waals surface area contributed by atoms with Crippen molar-refractivity contribution >= 4 is 29.9 Å². The van der Waals surface area contributed by atoms with Crippen molar-refractivity contribution in [3.8, 4) is 5.75 Å². The third-order valence-electron chi connectivity index (χ3n) is 10.4. The fraction of sp³-hybridized carbons (Fsp3) is 0.585. The quantitative estimate of drug-likeness (QED) is 0.171. The van der Waals surface area contributed by atoms with Crippen molar-refractivity contribution in [3.63, 3.8) is 0 Å². The molecule has 52 heavy (non-hydrogen) atoms. The van der Waals surface area contributed by atoms with Gasteiger partial charge in [-0.3, -0.25) is 28.9 Å². The van der Waals surface area contributed by atoms with E-state index in [9.17, 15) is 24.3 Å². The Morgan fingerprint density at radius 2 is 1.71 bits per heavy atom. The van der Waals surface area contributed by atoms with E-state index in [4.69, 9.17) is 10.5 Å². The molecule has 11 heteroatoms. The number of ether oxygens (including phenoxy) is 1. The zero-order valence-electron chi connectivity index (χ0n) is 31.4. The number of nitrogens with zero attached hydrogens (tertiary/aromatic N) is 1. The molecule has 0 saturated heterocycles. The SMILES string of the molecule is CC(=O)N(C(=O)[C@@H](N)Cc1ccccc1)[C@](CC(C)C)(C(=O)N[C@@H](CC1CCCCC1)[C@@H](O)CC(=O)NCC(C)C)C1COc2ccc(C=O)cc21. The van der Waals surface area contributed by atoms with Crippen LogP contribution in [0.1, 0.15) is 113 Å². The van der Waals surface area contributed by atoms with E-state index in [0.717, 1.165) is 42.6 Å². The maximum Gasteiger partial charge on any atom is 0.247 e. The number of hydrogen-bond acceptors (Lipinski definition) is 8. The lowest BCUT2D eigenvalue weighted by Gasteiger charge is -2.47. The van der Waals surface area contributed by atoms with Crippen molar-refractivity contribution in [2.24, 2.45) is 23.5 Å². The lowest BCUT2D eigenvalue weighted by molar-refractivity contribution is -0.162. The summed E-state index contributed by atoms with van der Waals surface area (Å²) in [7, 11) is 0. The van der Waals surface area contributed by atoms with Crippen LogP contribution in [0.3, 0.4) is 0 Å². The number of rotatable bonds is 17. The molecular weight excluding hydrogens is 660 g/mol. The third-order valence-corrected chi connectivity index (χ3v) is 10.4. The predicted octanol–water partition coefficient (Wildman–Crippen LogP) is 4.68. The highest BCUT2D eigenvalue weighted by atomic mass is 16.5. The van der Waals surface area contributed by atoms with Gasteiger partial charge in [-0.15, -0.1) is 0 Å². The van der Waals surface area contributed by atoms with E-state index in [1.807, 2.05) is 58.0 Å². The second-order valence-corrected chi connectivity index (χ2v) is 15.6. The molecule has 1 aliphatic heterocycles. The van der Waals surface area contributed by atoms with E-state index in [1.54, 1.807) is 18.2 Å².